The van der Waals surface area contributed by atoms with Gasteiger partial charge in [-0.3, -0.25) is 0 Å². The fourth-order valence-corrected chi connectivity index (χ4v) is 4.09. The predicted octanol–water partition coefficient (Wildman–Crippen LogP) is 3.33. The van der Waals surface area contributed by atoms with Crippen molar-refractivity contribution in [1.82, 2.24) is 24.5 Å². The summed E-state index contributed by atoms with van der Waals surface area (Å²) in [5.74, 6) is 1.59. The first-order chi connectivity index (χ1) is 16.1. The second kappa shape index (κ2) is 10.4. The predicted molar refractivity (Wildman–Crippen MR) is 124 cm³/mol. The van der Waals surface area contributed by atoms with E-state index >= 15 is 0 Å². The number of nitrogens with zero attached hydrogens (tertiary/aromatic N) is 4. The molecule has 0 bridgehead atoms. The van der Waals surface area contributed by atoms with Gasteiger partial charge in [-0.2, -0.15) is 4.52 Å². The lowest BCUT2D eigenvalue weighted by Gasteiger charge is -2.09. The molecular weight excluding hydrogens is 442 g/mol. The van der Waals surface area contributed by atoms with Gasteiger partial charge in [-0.25, -0.2) is 13.1 Å². The normalized spacial score (nSPS) is 11.5. The van der Waals surface area contributed by atoms with Crippen LogP contribution in [0.25, 0.3) is 17.0 Å². The molecule has 0 spiro atoms. The first kappa shape index (κ1) is 22.7. The molecule has 172 valence electrons. The van der Waals surface area contributed by atoms with Crippen molar-refractivity contribution >= 4 is 15.7 Å². The van der Waals surface area contributed by atoms with Gasteiger partial charge < -0.3 is 9.47 Å². The average molecular weight is 468 g/mol. The number of aromatic nitrogens is 4. The lowest BCUT2D eigenvalue weighted by molar-refractivity contribution is 0.305. The monoisotopic (exact) mass is 467 g/mol. The van der Waals surface area contributed by atoms with E-state index in [9.17, 15) is 8.42 Å². The molecule has 0 amide bonds. The zero-order valence-corrected chi connectivity index (χ0v) is 19.0. The van der Waals surface area contributed by atoms with Crippen molar-refractivity contribution in [1.29, 1.82) is 0 Å². The molecule has 9 nitrogen and oxygen atoms in total. The van der Waals surface area contributed by atoms with E-state index in [2.05, 4.69) is 26.9 Å². The SMILES string of the molecule is CCCCOc1ccc(S(=O)(=O)NCCOc2ccc3nnc(-c4ccccc4)n3n2)cc1. The highest BCUT2D eigenvalue weighted by molar-refractivity contribution is 7.89. The standard InChI is InChI=1S/C23H25N5O4S/c1-2-3-16-31-19-9-11-20(12-10-19)33(29,30)24-15-17-32-22-14-13-21-25-26-23(28(21)27-22)18-7-5-4-6-8-18/h4-14,24H,2-3,15-17H2,1H3. The van der Waals surface area contributed by atoms with Crippen molar-refractivity contribution in [3.8, 4) is 23.0 Å². The first-order valence-corrected chi connectivity index (χ1v) is 12.2. The summed E-state index contributed by atoms with van der Waals surface area (Å²) in [5.41, 5.74) is 1.47. The Morgan fingerprint density at radius 2 is 1.70 bits per heavy atom. The van der Waals surface area contributed by atoms with Crippen LogP contribution in [-0.4, -0.2) is 48.0 Å². The van der Waals surface area contributed by atoms with Crippen molar-refractivity contribution in [2.24, 2.45) is 0 Å². The third-order valence-corrected chi connectivity index (χ3v) is 6.29. The lowest BCUT2D eigenvalue weighted by atomic mass is 10.2. The topological polar surface area (TPSA) is 108 Å². The maximum absolute atomic E-state index is 12.5. The molecule has 0 radical (unpaired) electrons. The molecule has 2 heterocycles. The molecule has 0 aliphatic heterocycles. The van der Waals surface area contributed by atoms with Crippen LogP contribution in [0.3, 0.4) is 0 Å². The van der Waals surface area contributed by atoms with E-state index < -0.39 is 10.0 Å². The summed E-state index contributed by atoms with van der Waals surface area (Å²) in [7, 11) is -3.66. The molecule has 0 aliphatic carbocycles. The Morgan fingerprint density at radius 1 is 0.909 bits per heavy atom. The molecule has 4 rings (SSSR count). The first-order valence-electron chi connectivity index (χ1n) is 10.7. The highest BCUT2D eigenvalue weighted by atomic mass is 32.2. The Labute approximate surface area is 192 Å². The number of nitrogens with one attached hydrogen (secondary N) is 1. The second-order valence-corrected chi connectivity index (χ2v) is 9.02. The van der Waals surface area contributed by atoms with Gasteiger partial charge in [-0.15, -0.1) is 15.3 Å². The van der Waals surface area contributed by atoms with E-state index in [0.29, 0.717) is 29.7 Å². The Kier molecular flexibility index (Phi) is 7.16. The molecule has 10 heteroatoms. The molecule has 0 saturated carbocycles. The summed E-state index contributed by atoms with van der Waals surface area (Å²) in [6, 6.07) is 19.4. The van der Waals surface area contributed by atoms with Crippen molar-refractivity contribution in [2.75, 3.05) is 19.8 Å². The van der Waals surface area contributed by atoms with E-state index in [0.717, 1.165) is 18.4 Å². The quantitative estimate of drug-likeness (QED) is 0.337. The van der Waals surface area contributed by atoms with Gasteiger partial charge in [-0.05, 0) is 36.8 Å². The highest BCUT2D eigenvalue weighted by Gasteiger charge is 2.14. The summed E-state index contributed by atoms with van der Waals surface area (Å²) in [6.07, 6.45) is 1.99. The number of unbranched alkanes of at least 4 members (excludes halogenated alkanes) is 1. The summed E-state index contributed by atoms with van der Waals surface area (Å²) >= 11 is 0. The molecule has 0 unspecified atom stereocenters. The minimum Gasteiger partial charge on any atom is -0.494 e. The van der Waals surface area contributed by atoms with E-state index in [1.807, 2.05) is 30.3 Å². The number of sulfonamides is 1. The van der Waals surface area contributed by atoms with Crippen molar-refractivity contribution < 1.29 is 17.9 Å². The maximum Gasteiger partial charge on any atom is 0.240 e. The van der Waals surface area contributed by atoms with Crippen LogP contribution in [0.15, 0.2) is 71.6 Å². The molecule has 0 aliphatic rings. The van der Waals surface area contributed by atoms with Gasteiger partial charge in [0.25, 0.3) is 0 Å². The summed E-state index contributed by atoms with van der Waals surface area (Å²) < 4.78 is 40.4. The summed E-state index contributed by atoms with van der Waals surface area (Å²) in [6.45, 7) is 2.89. The molecule has 2 aromatic heterocycles. The van der Waals surface area contributed by atoms with Crippen LogP contribution in [0, 0.1) is 0 Å². The van der Waals surface area contributed by atoms with Gasteiger partial charge in [-0.1, -0.05) is 43.7 Å². The fraction of sp³-hybridized carbons (Fsp3) is 0.261. The Balaban J connectivity index is 1.33. The Morgan fingerprint density at radius 3 is 2.45 bits per heavy atom. The van der Waals surface area contributed by atoms with Crippen LogP contribution < -0.4 is 14.2 Å². The van der Waals surface area contributed by atoms with Crippen molar-refractivity contribution in [3.63, 3.8) is 0 Å². The van der Waals surface area contributed by atoms with Crippen LogP contribution >= 0.6 is 0 Å². The number of ether oxygens (including phenoxy) is 2. The van der Waals surface area contributed by atoms with Gasteiger partial charge >= 0.3 is 0 Å². The molecule has 0 saturated heterocycles. The molecule has 0 fully saturated rings. The molecule has 33 heavy (non-hydrogen) atoms. The molecule has 2 aromatic carbocycles. The number of fused-ring (bicyclic) bond motifs is 1. The largest absolute Gasteiger partial charge is 0.494 e. The fourth-order valence-electron chi connectivity index (χ4n) is 3.08. The lowest BCUT2D eigenvalue weighted by Crippen LogP contribution is -2.28. The van der Waals surface area contributed by atoms with E-state index in [1.165, 1.54) is 12.1 Å². The zero-order chi connectivity index (χ0) is 23.1. The van der Waals surface area contributed by atoms with E-state index in [-0.39, 0.29) is 18.0 Å². The van der Waals surface area contributed by atoms with Crippen LogP contribution in [0.1, 0.15) is 19.8 Å². The number of benzene rings is 2. The minimum absolute atomic E-state index is 0.0878. The molecule has 1 N–H and O–H groups in total. The number of hydrogen-bond donors (Lipinski definition) is 1. The number of hydrogen-bond acceptors (Lipinski definition) is 7. The molecule has 4 aromatic rings. The molecule has 0 atom stereocenters. The van der Waals surface area contributed by atoms with E-state index in [1.54, 1.807) is 28.8 Å². The van der Waals surface area contributed by atoms with Crippen LogP contribution in [0.4, 0.5) is 0 Å². The third-order valence-electron chi connectivity index (χ3n) is 4.82. The van der Waals surface area contributed by atoms with Gasteiger partial charge in [0, 0.05) is 18.2 Å². The second-order valence-electron chi connectivity index (χ2n) is 7.25. The smallest absolute Gasteiger partial charge is 0.240 e. The van der Waals surface area contributed by atoms with Crippen molar-refractivity contribution in [2.45, 2.75) is 24.7 Å². The van der Waals surface area contributed by atoms with Gasteiger partial charge in [0.15, 0.2) is 11.5 Å². The van der Waals surface area contributed by atoms with Crippen LogP contribution in [0.5, 0.6) is 11.6 Å². The molecular formula is C23H25N5O4S. The van der Waals surface area contributed by atoms with Gasteiger partial charge in [0.2, 0.25) is 15.9 Å². The highest BCUT2D eigenvalue weighted by Crippen LogP contribution is 2.19. The third kappa shape index (κ3) is 5.65. The van der Waals surface area contributed by atoms with Crippen LogP contribution in [0.2, 0.25) is 0 Å². The van der Waals surface area contributed by atoms with Crippen molar-refractivity contribution in [3.05, 3.63) is 66.7 Å². The Hall–Kier alpha value is -3.50. The summed E-state index contributed by atoms with van der Waals surface area (Å²) in [4.78, 5) is 0.168. The minimum atomic E-state index is -3.66. The maximum atomic E-state index is 12.5. The van der Waals surface area contributed by atoms with Gasteiger partial charge in [0.05, 0.1) is 11.5 Å². The summed E-state index contributed by atoms with van der Waals surface area (Å²) in [5, 5.41) is 12.7. The van der Waals surface area contributed by atoms with Crippen LogP contribution in [-0.2, 0) is 10.0 Å². The van der Waals surface area contributed by atoms with Gasteiger partial charge in [0.1, 0.15) is 12.4 Å². The zero-order valence-electron chi connectivity index (χ0n) is 18.2. The number of rotatable bonds is 11. The Bertz CT molecular complexity index is 1290. The average Bonchev–Trinajstić information content (AvgIpc) is 3.26. The van der Waals surface area contributed by atoms with E-state index in [4.69, 9.17) is 9.47 Å².